The average Bonchev–Trinajstić information content (AvgIpc) is 2.93. The van der Waals surface area contributed by atoms with Crippen molar-refractivity contribution in [3.05, 3.63) is 64.1 Å². The third-order valence-electron chi connectivity index (χ3n) is 3.95. The van der Waals surface area contributed by atoms with Gasteiger partial charge in [0.1, 0.15) is 0 Å². The van der Waals surface area contributed by atoms with E-state index in [4.69, 9.17) is 5.11 Å². The third kappa shape index (κ3) is 3.84. The van der Waals surface area contributed by atoms with Crippen molar-refractivity contribution in [2.24, 2.45) is 0 Å². The van der Waals surface area contributed by atoms with Crippen LogP contribution in [0.5, 0.6) is 0 Å². The predicted molar refractivity (Wildman–Crippen MR) is 95.4 cm³/mol. The quantitative estimate of drug-likeness (QED) is 0.520. The second kappa shape index (κ2) is 6.77. The van der Waals surface area contributed by atoms with Gasteiger partial charge >= 0.3 is 11.7 Å². The van der Waals surface area contributed by atoms with Gasteiger partial charge in [-0.05, 0) is 30.7 Å². The highest BCUT2D eigenvalue weighted by molar-refractivity contribution is 7.89. The second-order valence-electron chi connectivity index (χ2n) is 5.97. The zero-order valence-electron chi connectivity index (χ0n) is 13.8. The SMILES string of the molecule is Cc1ccc([C@@H](CC(=O)O)NS(=O)(=O)c2ccc3[nH]c(=O)[nH]c3c2)cc1. The molecule has 0 aliphatic rings. The van der Waals surface area contributed by atoms with Gasteiger partial charge in [-0.1, -0.05) is 29.8 Å². The highest BCUT2D eigenvalue weighted by atomic mass is 32.2. The zero-order chi connectivity index (χ0) is 18.9. The molecule has 1 aromatic heterocycles. The largest absolute Gasteiger partial charge is 0.481 e. The Labute approximate surface area is 148 Å². The number of carboxylic acid groups (broad SMARTS) is 1. The molecule has 3 aromatic rings. The van der Waals surface area contributed by atoms with Crippen LogP contribution in [-0.4, -0.2) is 29.5 Å². The summed E-state index contributed by atoms with van der Waals surface area (Å²) in [5.41, 5.74) is 1.92. The fraction of sp³-hybridized carbons (Fsp3) is 0.176. The molecular formula is C17H17N3O5S. The van der Waals surface area contributed by atoms with Crippen LogP contribution in [0.3, 0.4) is 0 Å². The van der Waals surface area contributed by atoms with E-state index in [1.165, 1.54) is 18.2 Å². The molecule has 1 atom stereocenters. The molecule has 0 saturated carbocycles. The summed E-state index contributed by atoms with van der Waals surface area (Å²) in [6.45, 7) is 1.88. The van der Waals surface area contributed by atoms with E-state index < -0.39 is 34.1 Å². The number of fused-ring (bicyclic) bond motifs is 1. The summed E-state index contributed by atoms with van der Waals surface area (Å²) in [6.07, 6.45) is -0.397. The number of hydrogen-bond donors (Lipinski definition) is 4. The van der Waals surface area contributed by atoms with Crippen LogP contribution < -0.4 is 10.4 Å². The summed E-state index contributed by atoms with van der Waals surface area (Å²) in [4.78, 5) is 27.5. The standard InChI is InChI=1S/C17H17N3O5S/c1-10-2-4-11(5-3-10)14(9-16(21)22)20-26(24,25)12-6-7-13-15(8-12)19-17(23)18-13/h2-8,14,20H,9H2,1H3,(H,21,22)(H2,18,19,23)/t14-/m1/s1. The Morgan fingerprint density at radius 3 is 2.42 bits per heavy atom. The molecule has 0 fully saturated rings. The molecule has 0 amide bonds. The number of hydrogen-bond acceptors (Lipinski definition) is 4. The first-order chi connectivity index (χ1) is 12.2. The molecule has 0 unspecified atom stereocenters. The van der Waals surface area contributed by atoms with Crippen LogP contribution in [0.1, 0.15) is 23.6 Å². The van der Waals surface area contributed by atoms with Crippen molar-refractivity contribution in [2.75, 3.05) is 0 Å². The number of nitrogens with one attached hydrogen (secondary N) is 3. The molecular weight excluding hydrogens is 358 g/mol. The van der Waals surface area contributed by atoms with E-state index in [1.807, 2.05) is 6.92 Å². The van der Waals surface area contributed by atoms with Gasteiger partial charge in [-0.15, -0.1) is 0 Å². The molecule has 1 heterocycles. The molecule has 0 bridgehead atoms. The van der Waals surface area contributed by atoms with Gasteiger partial charge in [0.25, 0.3) is 0 Å². The Bertz CT molecular complexity index is 1110. The lowest BCUT2D eigenvalue weighted by atomic mass is 10.0. The minimum Gasteiger partial charge on any atom is -0.481 e. The van der Waals surface area contributed by atoms with Crippen molar-refractivity contribution in [3.63, 3.8) is 0 Å². The molecule has 0 aliphatic carbocycles. The van der Waals surface area contributed by atoms with Crippen LogP contribution in [0.25, 0.3) is 11.0 Å². The number of carbonyl (C=O) groups is 1. The topological polar surface area (TPSA) is 132 Å². The normalized spacial score (nSPS) is 13.0. The van der Waals surface area contributed by atoms with E-state index in [0.717, 1.165) is 5.56 Å². The molecule has 0 radical (unpaired) electrons. The number of aromatic nitrogens is 2. The van der Waals surface area contributed by atoms with E-state index in [2.05, 4.69) is 14.7 Å². The monoisotopic (exact) mass is 375 g/mol. The van der Waals surface area contributed by atoms with Gasteiger partial charge in [0.2, 0.25) is 10.0 Å². The number of rotatable bonds is 6. The first-order valence-electron chi connectivity index (χ1n) is 7.77. The van der Waals surface area contributed by atoms with Crippen LogP contribution in [0, 0.1) is 6.92 Å². The smallest absolute Gasteiger partial charge is 0.323 e. The van der Waals surface area contributed by atoms with Crippen LogP contribution in [0.4, 0.5) is 0 Å². The van der Waals surface area contributed by atoms with Crippen molar-refractivity contribution in [2.45, 2.75) is 24.3 Å². The average molecular weight is 375 g/mol. The Morgan fingerprint density at radius 1 is 1.12 bits per heavy atom. The lowest BCUT2D eigenvalue weighted by molar-refractivity contribution is -0.137. The molecule has 0 spiro atoms. The van der Waals surface area contributed by atoms with Gasteiger partial charge in [-0.3, -0.25) is 4.79 Å². The number of benzene rings is 2. The molecule has 136 valence electrons. The van der Waals surface area contributed by atoms with Gasteiger partial charge in [-0.2, -0.15) is 0 Å². The van der Waals surface area contributed by atoms with Crippen LogP contribution >= 0.6 is 0 Å². The number of aryl methyl sites for hydroxylation is 1. The van der Waals surface area contributed by atoms with Crippen LogP contribution in [-0.2, 0) is 14.8 Å². The number of sulfonamides is 1. The van der Waals surface area contributed by atoms with E-state index in [1.54, 1.807) is 24.3 Å². The summed E-state index contributed by atoms with van der Waals surface area (Å²) in [6, 6.07) is 10.2. The number of aliphatic carboxylic acids is 1. The predicted octanol–water partition coefficient (Wildman–Crippen LogP) is 1.66. The van der Waals surface area contributed by atoms with Crippen molar-refractivity contribution >= 4 is 27.0 Å². The van der Waals surface area contributed by atoms with Crippen molar-refractivity contribution in [1.29, 1.82) is 0 Å². The van der Waals surface area contributed by atoms with Crippen molar-refractivity contribution < 1.29 is 18.3 Å². The maximum atomic E-state index is 12.7. The number of carboxylic acids is 1. The summed E-state index contributed by atoms with van der Waals surface area (Å²) in [5, 5.41) is 9.13. The minimum absolute atomic E-state index is 0.0669. The number of aromatic amines is 2. The molecule has 9 heteroatoms. The molecule has 2 aromatic carbocycles. The molecule has 4 N–H and O–H groups in total. The summed E-state index contributed by atoms with van der Waals surface area (Å²) in [7, 11) is -3.99. The van der Waals surface area contributed by atoms with E-state index in [9.17, 15) is 18.0 Å². The first-order valence-corrected chi connectivity index (χ1v) is 9.26. The van der Waals surface area contributed by atoms with Gasteiger partial charge in [-0.25, -0.2) is 17.9 Å². The molecule has 3 rings (SSSR count). The van der Waals surface area contributed by atoms with E-state index >= 15 is 0 Å². The number of H-pyrrole nitrogens is 2. The molecule has 26 heavy (non-hydrogen) atoms. The van der Waals surface area contributed by atoms with Gasteiger partial charge in [0.05, 0.1) is 28.4 Å². The molecule has 0 saturated heterocycles. The lowest BCUT2D eigenvalue weighted by Crippen LogP contribution is -2.30. The van der Waals surface area contributed by atoms with Crippen molar-refractivity contribution in [1.82, 2.24) is 14.7 Å². The Balaban J connectivity index is 1.95. The summed E-state index contributed by atoms with van der Waals surface area (Å²) >= 11 is 0. The van der Waals surface area contributed by atoms with Gasteiger partial charge in [0, 0.05) is 0 Å². The Morgan fingerprint density at radius 2 is 1.77 bits per heavy atom. The molecule has 8 nitrogen and oxygen atoms in total. The van der Waals surface area contributed by atoms with Gasteiger partial charge in [0.15, 0.2) is 0 Å². The highest BCUT2D eigenvalue weighted by Crippen LogP contribution is 2.22. The maximum Gasteiger partial charge on any atom is 0.323 e. The Hall–Kier alpha value is -2.91. The first kappa shape index (κ1) is 17.9. The summed E-state index contributed by atoms with van der Waals surface area (Å²) in [5.74, 6) is -1.12. The highest BCUT2D eigenvalue weighted by Gasteiger charge is 2.24. The Kier molecular flexibility index (Phi) is 4.66. The lowest BCUT2D eigenvalue weighted by Gasteiger charge is -2.18. The van der Waals surface area contributed by atoms with Crippen molar-refractivity contribution in [3.8, 4) is 0 Å². The minimum atomic E-state index is -3.99. The van der Waals surface area contributed by atoms with E-state index in [-0.39, 0.29) is 4.90 Å². The number of imidazole rings is 1. The fourth-order valence-corrected chi connectivity index (χ4v) is 3.89. The van der Waals surface area contributed by atoms with Gasteiger partial charge < -0.3 is 15.1 Å². The fourth-order valence-electron chi connectivity index (χ4n) is 2.64. The van der Waals surface area contributed by atoms with E-state index in [0.29, 0.717) is 16.6 Å². The maximum absolute atomic E-state index is 12.7. The summed E-state index contributed by atoms with van der Waals surface area (Å²) < 4.78 is 27.9. The second-order valence-corrected chi connectivity index (χ2v) is 7.68. The van der Waals surface area contributed by atoms with Crippen LogP contribution in [0.2, 0.25) is 0 Å². The zero-order valence-corrected chi connectivity index (χ0v) is 14.6. The molecule has 0 aliphatic heterocycles. The third-order valence-corrected chi connectivity index (χ3v) is 5.42. The van der Waals surface area contributed by atoms with Crippen LogP contribution in [0.15, 0.2) is 52.2 Å².